The molecule has 0 amide bonds. The second-order valence-electron chi connectivity index (χ2n) is 4.62. The van der Waals surface area contributed by atoms with Crippen LogP contribution in [0.2, 0.25) is 0 Å². The molecule has 1 aromatic carbocycles. The average molecular weight is 286 g/mol. The van der Waals surface area contributed by atoms with Crippen LogP contribution >= 0.6 is 0 Å². The number of hydrogen-bond acceptors (Lipinski definition) is 4. The number of carboxylic acids is 1. The van der Waals surface area contributed by atoms with E-state index in [0.29, 0.717) is 6.54 Å². The Labute approximate surface area is 123 Å². The van der Waals surface area contributed by atoms with Gasteiger partial charge in [0.05, 0.1) is 18.4 Å². The van der Waals surface area contributed by atoms with Crippen LogP contribution < -0.4 is 10.1 Å². The first-order valence-corrected chi connectivity index (χ1v) is 6.71. The lowest BCUT2D eigenvalue weighted by Gasteiger charge is -2.06. The standard InChI is InChI=1S/C16H18N2O3/c1-21-15-4-2-3-12(9-15)7-8-17-11-14-6-5-13(10-18-14)16(19)20/h2-6,9-10,17H,7-8,11H2,1H3,(H,19,20). The molecule has 5 nitrogen and oxygen atoms in total. The van der Waals surface area contributed by atoms with Gasteiger partial charge in [-0.3, -0.25) is 4.98 Å². The van der Waals surface area contributed by atoms with E-state index >= 15 is 0 Å². The summed E-state index contributed by atoms with van der Waals surface area (Å²) in [5, 5.41) is 12.1. The number of aromatic nitrogens is 1. The quantitative estimate of drug-likeness (QED) is 0.763. The highest BCUT2D eigenvalue weighted by Gasteiger charge is 2.02. The molecule has 0 fully saturated rings. The fourth-order valence-corrected chi connectivity index (χ4v) is 1.93. The Hall–Kier alpha value is -2.40. The molecule has 21 heavy (non-hydrogen) atoms. The summed E-state index contributed by atoms with van der Waals surface area (Å²) in [5.41, 5.74) is 2.23. The van der Waals surface area contributed by atoms with Crippen LogP contribution in [0.4, 0.5) is 0 Å². The van der Waals surface area contributed by atoms with E-state index in [-0.39, 0.29) is 5.56 Å². The number of pyridine rings is 1. The largest absolute Gasteiger partial charge is 0.497 e. The molecule has 5 heteroatoms. The zero-order valence-electron chi connectivity index (χ0n) is 11.9. The molecule has 0 aliphatic heterocycles. The third-order valence-corrected chi connectivity index (χ3v) is 3.10. The number of rotatable bonds is 7. The molecule has 0 atom stereocenters. The molecule has 1 aromatic heterocycles. The molecule has 0 aliphatic carbocycles. The van der Waals surface area contributed by atoms with Gasteiger partial charge in [-0.1, -0.05) is 12.1 Å². The van der Waals surface area contributed by atoms with E-state index < -0.39 is 5.97 Å². The molecule has 110 valence electrons. The Morgan fingerprint density at radius 2 is 2.19 bits per heavy atom. The summed E-state index contributed by atoms with van der Waals surface area (Å²) in [6, 6.07) is 11.3. The summed E-state index contributed by atoms with van der Waals surface area (Å²) in [6.45, 7) is 1.43. The Morgan fingerprint density at radius 3 is 2.86 bits per heavy atom. The van der Waals surface area contributed by atoms with Crippen LogP contribution in [0.15, 0.2) is 42.6 Å². The second kappa shape index (κ2) is 7.40. The van der Waals surface area contributed by atoms with Crippen molar-refractivity contribution in [2.45, 2.75) is 13.0 Å². The lowest BCUT2D eigenvalue weighted by Crippen LogP contribution is -2.17. The van der Waals surface area contributed by atoms with Gasteiger partial charge in [-0.15, -0.1) is 0 Å². The van der Waals surface area contributed by atoms with Crippen molar-refractivity contribution in [3.05, 3.63) is 59.4 Å². The maximum absolute atomic E-state index is 10.7. The number of aromatic carboxylic acids is 1. The number of nitrogens with one attached hydrogen (secondary N) is 1. The van der Waals surface area contributed by atoms with E-state index in [1.54, 1.807) is 19.2 Å². The molecule has 0 saturated carbocycles. The maximum Gasteiger partial charge on any atom is 0.337 e. The maximum atomic E-state index is 10.7. The van der Waals surface area contributed by atoms with Crippen LogP contribution in [0.1, 0.15) is 21.6 Å². The van der Waals surface area contributed by atoms with Crippen LogP contribution in [-0.4, -0.2) is 29.7 Å². The number of carboxylic acid groups (broad SMARTS) is 1. The topological polar surface area (TPSA) is 71.5 Å². The van der Waals surface area contributed by atoms with Crippen LogP contribution in [0, 0.1) is 0 Å². The van der Waals surface area contributed by atoms with Gasteiger partial charge in [0.25, 0.3) is 0 Å². The number of nitrogens with zero attached hydrogens (tertiary/aromatic N) is 1. The van der Waals surface area contributed by atoms with Crippen molar-refractivity contribution in [2.75, 3.05) is 13.7 Å². The SMILES string of the molecule is COc1cccc(CCNCc2ccc(C(=O)O)cn2)c1. The van der Waals surface area contributed by atoms with E-state index in [0.717, 1.165) is 24.4 Å². The monoisotopic (exact) mass is 286 g/mol. The van der Waals surface area contributed by atoms with E-state index in [4.69, 9.17) is 9.84 Å². The zero-order valence-corrected chi connectivity index (χ0v) is 11.9. The van der Waals surface area contributed by atoms with E-state index in [1.807, 2.05) is 18.2 Å². The number of benzene rings is 1. The van der Waals surface area contributed by atoms with Crippen LogP contribution in [0.25, 0.3) is 0 Å². The molecule has 2 aromatic rings. The van der Waals surface area contributed by atoms with Crippen LogP contribution in [0.5, 0.6) is 5.75 Å². The van der Waals surface area contributed by atoms with Crippen molar-refractivity contribution < 1.29 is 14.6 Å². The molecule has 2 rings (SSSR count). The lowest BCUT2D eigenvalue weighted by atomic mass is 10.1. The van der Waals surface area contributed by atoms with Gasteiger partial charge in [0, 0.05) is 12.7 Å². The molecule has 1 heterocycles. The van der Waals surface area contributed by atoms with Crippen molar-refractivity contribution in [3.63, 3.8) is 0 Å². The van der Waals surface area contributed by atoms with Gasteiger partial charge in [-0.2, -0.15) is 0 Å². The third-order valence-electron chi connectivity index (χ3n) is 3.10. The van der Waals surface area contributed by atoms with Crippen molar-refractivity contribution in [1.82, 2.24) is 10.3 Å². The number of methoxy groups -OCH3 is 1. The predicted molar refractivity (Wildman–Crippen MR) is 79.6 cm³/mol. The zero-order chi connectivity index (χ0) is 15.1. The van der Waals surface area contributed by atoms with Gasteiger partial charge in [-0.25, -0.2) is 4.79 Å². The number of hydrogen-bond donors (Lipinski definition) is 2. The summed E-state index contributed by atoms with van der Waals surface area (Å²) in [4.78, 5) is 14.8. The van der Waals surface area contributed by atoms with Crippen molar-refractivity contribution >= 4 is 5.97 Å². The van der Waals surface area contributed by atoms with Gasteiger partial charge in [-0.05, 0) is 42.8 Å². The highest BCUT2D eigenvalue weighted by atomic mass is 16.5. The molecule has 0 unspecified atom stereocenters. The van der Waals surface area contributed by atoms with Gasteiger partial charge in [0.15, 0.2) is 0 Å². The van der Waals surface area contributed by atoms with Crippen molar-refractivity contribution in [1.29, 1.82) is 0 Å². The molecule has 0 saturated heterocycles. The Kier molecular flexibility index (Phi) is 5.29. The first-order chi connectivity index (χ1) is 10.2. The highest BCUT2D eigenvalue weighted by Crippen LogP contribution is 2.12. The van der Waals surface area contributed by atoms with Crippen molar-refractivity contribution in [2.24, 2.45) is 0 Å². The molecule has 0 bridgehead atoms. The van der Waals surface area contributed by atoms with Gasteiger partial charge < -0.3 is 15.2 Å². The summed E-state index contributed by atoms with van der Waals surface area (Å²) >= 11 is 0. The number of ether oxygens (including phenoxy) is 1. The summed E-state index contributed by atoms with van der Waals surface area (Å²) in [7, 11) is 1.66. The molecule has 0 spiro atoms. The molecular weight excluding hydrogens is 268 g/mol. The summed E-state index contributed by atoms with van der Waals surface area (Å²) in [6.07, 6.45) is 2.27. The fourth-order valence-electron chi connectivity index (χ4n) is 1.93. The normalized spacial score (nSPS) is 10.3. The van der Waals surface area contributed by atoms with Crippen LogP contribution in [-0.2, 0) is 13.0 Å². The van der Waals surface area contributed by atoms with Gasteiger partial charge in [0.2, 0.25) is 0 Å². The average Bonchev–Trinajstić information content (AvgIpc) is 2.52. The highest BCUT2D eigenvalue weighted by molar-refractivity contribution is 5.87. The minimum absolute atomic E-state index is 0.204. The predicted octanol–water partition coefficient (Wildman–Crippen LogP) is 2.12. The van der Waals surface area contributed by atoms with Crippen molar-refractivity contribution in [3.8, 4) is 5.75 Å². The minimum Gasteiger partial charge on any atom is -0.497 e. The molecule has 2 N–H and O–H groups in total. The number of carbonyl (C=O) groups is 1. The van der Waals surface area contributed by atoms with E-state index in [1.165, 1.54) is 11.8 Å². The lowest BCUT2D eigenvalue weighted by molar-refractivity contribution is 0.0696. The van der Waals surface area contributed by atoms with Gasteiger partial charge in [0.1, 0.15) is 5.75 Å². The smallest absolute Gasteiger partial charge is 0.337 e. The second-order valence-corrected chi connectivity index (χ2v) is 4.62. The summed E-state index contributed by atoms with van der Waals surface area (Å²) in [5.74, 6) is -0.0986. The fraction of sp³-hybridized carbons (Fsp3) is 0.250. The summed E-state index contributed by atoms with van der Waals surface area (Å²) < 4.78 is 5.18. The molecule has 0 radical (unpaired) electrons. The van der Waals surface area contributed by atoms with Crippen LogP contribution in [0.3, 0.4) is 0 Å². The Bertz CT molecular complexity index is 597. The third kappa shape index (κ3) is 4.57. The molecular formula is C16H18N2O3. The Morgan fingerprint density at radius 1 is 1.33 bits per heavy atom. The van der Waals surface area contributed by atoms with E-state index in [9.17, 15) is 4.79 Å². The Balaban J connectivity index is 1.77. The first-order valence-electron chi connectivity index (χ1n) is 6.71. The molecule has 0 aliphatic rings. The van der Waals surface area contributed by atoms with E-state index in [2.05, 4.69) is 16.4 Å². The minimum atomic E-state index is -0.958. The van der Waals surface area contributed by atoms with Gasteiger partial charge >= 0.3 is 5.97 Å². The first kappa shape index (κ1) is 15.0.